The molecule has 96 valence electrons. The van der Waals surface area contributed by atoms with Crippen LogP contribution in [0.1, 0.15) is 12.8 Å². The molecule has 1 aromatic carbocycles. The summed E-state index contributed by atoms with van der Waals surface area (Å²) in [5.74, 6) is -0.546. The van der Waals surface area contributed by atoms with Crippen molar-refractivity contribution >= 4 is 40.8 Å². The van der Waals surface area contributed by atoms with E-state index in [9.17, 15) is 9.59 Å². The maximum Gasteiger partial charge on any atom is 0.328 e. The molecule has 0 bridgehead atoms. The first-order valence-electron chi connectivity index (χ1n) is 5.39. The van der Waals surface area contributed by atoms with Crippen molar-refractivity contribution < 1.29 is 14.3 Å². The first-order chi connectivity index (χ1) is 8.54. The zero-order valence-electron chi connectivity index (χ0n) is 9.65. The zero-order valence-corrected chi connectivity index (χ0v) is 11.2. The predicted octanol–water partition coefficient (Wildman–Crippen LogP) is 2.66. The number of anilines is 1. The Labute approximate surface area is 114 Å². The molecule has 0 N–H and O–H groups in total. The third-order valence-electron chi connectivity index (χ3n) is 2.87. The molecule has 0 spiro atoms. The second kappa shape index (κ2) is 5.16. The van der Waals surface area contributed by atoms with Crippen LogP contribution in [0.3, 0.4) is 0 Å². The van der Waals surface area contributed by atoms with Crippen LogP contribution in [0.4, 0.5) is 5.69 Å². The van der Waals surface area contributed by atoms with Gasteiger partial charge in [0.2, 0.25) is 5.91 Å². The lowest BCUT2D eigenvalue weighted by Crippen LogP contribution is -2.39. The fourth-order valence-electron chi connectivity index (χ4n) is 2.00. The van der Waals surface area contributed by atoms with Gasteiger partial charge in [0.25, 0.3) is 0 Å². The second-order valence-corrected chi connectivity index (χ2v) is 4.75. The molecule has 1 fully saturated rings. The number of halogens is 2. The summed E-state index contributed by atoms with van der Waals surface area (Å²) < 4.78 is 4.70. The van der Waals surface area contributed by atoms with E-state index in [4.69, 9.17) is 27.9 Å². The monoisotopic (exact) mass is 287 g/mol. The van der Waals surface area contributed by atoms with Gasteiger partial charge in [0.15, 0.2) is 0 Å². The smallest absolute Gasteiger partial charge is 0.328 e. The Kier molecular flexibility index (Phi) is 3.78. The SMILES string of the molecule is COC(=O)C1CCC(=O)N1c1ccc(Cl)c(Cl)c1. The molecule has 1 amide bonds. The van der Waals surface area contributed by atoms with Gasteiger partial charge in [0.05, 0.1) is 17.2 Å². The maximum atomic E-state index is 11.8. The Morgan fingerprint density at radius 3 is 2.72 bits per heavy atom. The molecule has 1 aliphatic rings. The summed E-state index contributed by atoms with van der Waals surface area (Å²) in [6.07, 6.45) is 0.770. The normalized spacial score (nSPS) is 19.2. The number of hydrogen-bond acceptors (Lipinski definition) is 3. The number of carbonyl (C=O) groups is 2. The average molecular weight is 288 g/mol. The third kappa shape index (κ3) is 2.31. The van der Waals surface area contributed by atoms with Gasteiger partial charge in [-0.1, -0.05) is 23.2 Å². The quantitative estimate of drug-likeness (QED) is 0.786. The van der Waals surface area contributed by atoms with E-state index in [2.05, 4.69) is 0 Å². The molecule has 1 heterocycles. The molecule has 1 aromatic rings. The highest BCUT2D eigenvalue weighted by Crippen LogP contribution is 2.32. The van der Waals surface area contributed by atoms with Gasteiger partial charge in [0, 0.05) is 12.1 Å². The van der Waals surface area contributed by atoms with Gasteiger partial charge >= 0.3 is 5.97 Å². The number of methoxy groups -OCH3 is 1. The fraction of sp³-hybridized carbons (Fsp3) is 0.333. The van der Waals surface area contributed by atoms with E-state index in [1.165, 1.54) is 12.0 Å². The van der Waals surface area contributed by atoms with Crippen molar-refractivity contribution in [3.05, 3.63) is 28.2 Å². The van der Waals surface area contributed by atoms with Crippen molar-refractivity contribution in [2.24, 2.45) is 0 Å². The van der Waals surface area contributed by atoms with E-state index in [0.717, 1.165) is 0 Å². The van der Waals surface area contributed by atoms with Crippen LogP contribution in [0.5, 0.6) is 0 Å². The number of rotatable bonds is 2. The second-order valence-electron chi connectivity index (χ2n) is 3.94. The highest BCUT2D eigenvalue weighted by atomic mass is 35.5. The Balaban J connectivity index is 2.36. The number of carbonyl (C=O) groups excluding carboxylic acids is 2. The topological polar surface area (TPSA) is 46.6 Å². The van der Waals surface area contributed by atoms with E-state index < -0.39 is 12.0 Å². The largest absolute Gasteiger partial charge is 0.467 e. The van der Waals surface area contributed by atoms with Crippen molar-refractivity contribution in [2.45, 2.75) is 18.9 Å². The Bertz CT molecular complexity index is 504. The van der Waals surface area contributed by atoms with Gasteiger partial charge in [-0.2, -0.15) is 0 Å². The maximum absolute atomic E-state index is 11.8. The molecular weight excluding hydrogens is 277 g/mol. The molecule has 1 unspecified atom stereocenters. The van der Waals surface area contributed by atoms with Gasteiger partial charge in [-0.05, 0) is 24.6 Å². The van der Waals surface area contributed by atoms with Crippen LogP contribution in [-0.4, -0.2) is 25.0 Å². The van der Waals surface area contributed by atoms with Crippen LogP contribution in [-0.2, 0) is 14.3 Å². The summed E-state index contributed by atoms with van der Waals surface area (Å²) in [7, 11) is 1.30. The van der Waals surface area contributed by atoms with Crippen molar-refractivity contribution in [3.8, 4) is 0 Å². The van der Waals surface area contributed by atoms with Gasteiger partial charge in [-0.25, -0.2) is 4.79 Å². The van der Waals surface area contributed by atoms with Gasteiger partial charge in [-0.3, -0.25) is 9.69 Å². The highest BCUT2D eigenvalue weighted by molar-refractivity contribution is 6.42. The number of benzene rings is 1. The lowest BCUT2D eigenvalue weighted by atomic mass is 10.2. The summed E-state index contributed by atoms with van der Waals surface area (Å²) in [5.41, 5.74) is 0.558. The summed E-state index contributed by atoms with van der Waals surface area (Å²) in [5, 5.41) is 0.749. The van der Waals surface area contributed by atoms with Gasteiger partial charge < -0.3 is 4.74 Å². The van der Waals surface area contributed by atoms with Crippen molar-refractivity contribution in [1.82, 2.24) is 0 Å². The van der Waals surface area contributed by atoms with Crippen molar-refractivity contribution in [1.29, 1.82) is 0 Å². The Morgan fingerprint density at radius 1 is 1.39 bits per heavy atom. The van der Waals surface area contributed by atoms with Crippen LogP contribution in [0.25, 0.3) is 0 Å². The first-order valence-corrected chi connectivity index (χ1v) is 6.15. The van der Waals surface area contributed by atoms with Crippen LogP contribution in [0.15, 0.2) is 18.2 Å². The number of ether oxygens (including phenoxy) is 1. The number of esters is 1. The zero-order chi connectivity index (χ0) is 13.3. The molecule has 1 aliphatic heterocycles. The van der Waals surface area contributed by atoms with Gasteiger partial charge in [0.1, 0.15) is 6.04 Å². The minimum Gasteiger partial charge on any atom is -0.467 e. The lowest BCUT2D eigenvalue weighted by Gasteiger charge is -2.23. The lowest BCUT2D eigenvalue weighted by molar-refractivity contribution is -0.142. The van der Waals surface area contributed by atoms with Crippen LogP contribution >= 0.6 is 23.2 Å². The van der Waals surface area contributed by atoms with E-state index in [0.29, 0.717) is 28.6 Å². The number of amides is 1. The molecule has 1 saturated heterocycles. The fourth-order valence-corrected chi connectivity index (χ4v) is 2.29. The molecule has 18 heavy (non-hydrogen) atoms. The number of nitrogens with zero attached hydrogens (tertiary/aromatic N) is 1. The third-order valence-corrected chi connectivity index (χ3v) is 3.61. The van der Waals surface area contributed by atoms with Crippen LogP contribution in [0, 0.1) is 0 Å². The van der Waals surface area contributed by atoms with E-state index >= 15 is 0 Å². The molecule has 0 radical (unpaired) electrons. The van der Waals surface area contributed by atoms with E-state index in [1.807, 2.05) is 0 Å². The van der Waals surface area contributed by atoms with Crippen molar-refractivity contribution in [2.75, 3.05) is 12.0 Å². The van der Waals surface area contributed by atoms with Crippen LogP contribution < -0.4 is 4.90 Å². The Morgan fingerprint density at radius 2 is 2.11 bits per heavy atom. The highest BCUT2D eigenvalue weighted by Gasteiger charge is 2.37. The van der Waals surface area contributed by atoms with E-state index in [-0.39, 0.29) is 5.91 Å². The van der Waals surface area contributed by atoms with E-state index in [1.54, 1.807) is 18.2 Å². The first kappa shape index (κ1) is 13.2. The standard InChI is InChI=1S/C12H11Cl2NO3/c1-18-12(17)10-4-5-11(16)15(10)7-2-3-8(13)9(14)6-7/h2-3,6,10H,4-5H2,1H3. The molecule has 1 atom stereocenters. The molecule has 4 nitrogen and oxygen atoms in total. The predicted molar refractivity (Wildman–Crippen MR) is 69.0 cm³/mol. The minimum absolute atomic E-state index is 0.121. The molecule has 6 heteroatoms. The molecule has 2 rings (SSSR count). The summed E-state index contributed by atoms with van der Waals surface area (Å²) in [6, 6.07) is 4.25. The van der Waals surface area contributed by atoms with Gasteiger partial charge in [-0.15, -0.1) is 0 Å². The van der Waals surface area contributed by atoms with Crippen LogP contribution in [0.2, 0.25) is 10.0 Å². The summed E-state index contributed by atoms with van der Waals surface area (Å²) in [6.45, 7) is 0. The Hall–Kier alpha value is -1.26. The average Bonchev–Trinajstić information content (AvgIpc) is 2.74. The molecular formula is C12H11Cl2NO3. The summed E-state index contributed by atoms with van der Waals surface area (Å²) >= 11 is 11.7. The molecule has 0 aliphatic carbocycles. The molecule has 0 aromatic heterocycles. The summed E-state index contributed by atoms with van der Waals surface area (Å²) in [4.78, 5) is 24.9. The number of hydrogen-bond donors (Lipinski definition) is 0. The molecule has 0 saturated carbocycles. The minimum atomic E-state index is -0.584. The van der Waals surface area contributed by atoms with Crippen molar-refractivity contribution in [3.63, 3.8) is 0 Å².